The first-order valence-electron chi connectivity index (χ1n) is 15.9. The van der Waals surface area contributed by atoms with E-state index in [4.69, 9.17) is 4.74 Å². The minimum Gasteiger partial charge on any atom is -0.462 e. The molecule has 0 aromatic carbocycles. The highest BCUT2D eigenvalue weighted by Gasteiger charge is 2.23. The number of unbranched alkanes of at least 4 members (excludes halogenated alkanes) is 18. The molecule has 0 amide bonds. The van der Waals surface area contributed by atoms with Crippen LogP contribution >= 0.6 is 0 Å². The van der Waals surface area contributed by atoms with Crippen LogP contribution in [0.4, 0.5) is 0 Å². The van der Waals surface area contributed by atoms with Gasteiger partial charge in [-0.3, -0.25) is 4.79 Å². The molecule has 0 saturated heterocycles. The number of esters is 1. The van der Waals surface area contributed by atoms with Crippen molar-refractivity contribution in [1.29, 1.82) is 0 Å². The third-order valence-electron chi connectivity index (χ3n) is 7.59. The first-order valence-corrected chi connectivity index (χ1v) is 15.9. The second-order valence-electron chi connectivity index (χ2n) is 10.9. The van der Waals surface area contributed by atoms with Gasteiger partial charge in [0.15, 0.2) is 0 Å². The van der Waals surface area contributed by atoms with E-state index >= 15 is 0 Å². The Kier molecular flexibility index (Phi) is 26.6. The highest BCUT2D eigenvalue weighted by molar-refractivity contribution is 5.69. The molecule has 204 valence electrons. The van der Waals surface area contributed by atoms with Gasteiger partial charge in [-0.2, -0.15) is 0 Å². The maximum Gasteiger partial charge on any atom is 0.306 e. The van der Waals surface area contributed by atoms with E-state index in [1.165, 1.54) is 135 Å². The van der Waals surface area contributed by atoms with Gasteiger partial charge in [-0.1, -0.05) is 150 Å². The zero-order chi connectivity index (χ0) is 25.1. The molecule has 0 heterocycles. The maximum absolute atomic E-state index is 12.6. The Morgan fingerprint density at radius 2 is 0.912 bits per heavy atom. The Morgan fingerprint density at radius 3 is 1.35 bits per heavy atom. The summed E-state index contributed by atoms with van der Waals surface area (Å²) in [5.41, 5.74) is 0. The van der Waals surface area contributed by atoms with Crippen LogP contribution in [0.3, 0.4) is 0 Å². The molecule has 0 aromatic rings. The highest BCUT2D eigenvalue weighted by Crippen LogP contribution is 2.25. The van der Waals surface area contributed by atoms with E-state index in [2.05, 4.69) is 27.7 Å². The Bertz CT molecular complexity index is 406. The Morgan fingerprint density at radius 1 is 0.500 bits per heavy atom. The standard InChI is InChI=1S/C32H64O2/c1-5-9-12-14-16-17-18-19-20-21-22-24-26-29-32(33)34-31(30(8-4)27-11-7-3)28-25-23-15-13-10-6-2/h30-31H,5-29H2,1-4H3. The van der Waals surface area contributed by atoms with Crippen molar-refractivity contribution in [1.82, 2.24) is 0 Å². The summed E-state index contributed by atoms with van der Waals surface area (Å²) in [6, 6.07) is 0. The molecule has 0 rings (SSSR count). The molecule has 0 aliphatic carbocycles. The summed E-state index contributed by atoms with van der Waals surface area (Å²) in [4.78, 5) is 12.6. The van der Waals surface area contributed by atoms with Crippen molar-refractivity contribution < 1.29 is 9.53 Å². The number of rotatable bonds is 27. The SMILES string of the molecule is CCCCCCCCCCCCCCCC(=O)OC(CCCCCCCC)C(CC)CCCC. The van der Waals surface area contributed by atoms with Gasteiger partial charge in [0.1, 0.15) is 6.10 Å². The number of carbonyl (C=O) groups is 1. The van der Waals surface area contributed by atoms with Crippen molar-refractivity contribution in [2.45, 2.75) is 194 Å². The molecular weight excluding hydrogens is 416 g/mol. The van der Waals surface area contributed by atoms with E-state index < -0.39 is 0 Å². The van der Waals surface area contributed by atoms with Crippen LogP contribution < -0.4 is 0 Å². The minimum absolute atomic E-state index is 0.0639. The lowest BCUT2D eigenvalue weighted by Gasteiger charge is -2.26. The molecule has 0 aliphatic heterocycles. The Labute approximate surface area is 215 Å². The van der Waals surface area contributed by atoms with E-state index in [1.807, 2.05) is 0 Å². The fraction of sp³-hybridized carbons (Fsp3) is 0.969. The van der Waals surface area contributed by atoms with Crippen LogP contribution in [-0.4, -0.2) is 12.1 Å². The van der Waals surface area contributed by atoms with Crippen molar-refractivity contribution in [3.05, 3.63) is 0 Å². The Balaban J connectivity index is 3.96. The van der Waals surface area contributed by atoms with Gasteiger partial charge in [0, 0.05) is 6.42 Å². The van der Waals surface area contributed by atoms with Crippen molar-refractivity contribution in [3.63, 3.8) is 0 Å². The highest BCUT2D eigenvalue weighted by atomic mass is 16.5. The van der Waals surface area contributed by atoms with Gasteiger partial charge in [0.05, 0.1) is 0 Å². The number of hydrogen-bond acceptors (Lipinski definition) is 2. The summed E-state index contributed by atoms with van der Waals surface area (Å²) < 4.78 is 6.10. The first kappa shape index (κ1) is 33.5. The molecule has 0 fully saturated rings. The van der Waals surface area contributed by atoms with Gasteiger partial charge in [-0.15, -0.1) is 0 Å². The lowest BCUT2D eigenvalue weighted by Crippen LogP contribution is -2.27. The molecule has 0 spiro atoms. The van der Waals surface area contributed by atoms with Gasteiger partial charge in [0.2, 0.25) is 0 Å². The molecule has 0 aliphatic rings. The molecule has 0 bridgehead atoms. The van der Waals surface area contributed by atoms with Crippen molar-refractivity contribution in [2.75, 3.05) is 0 Å². The molecule has 2 unspecified atom stereocenters. The maximum atomic E-state index is 12.6. The van der Waals surface area contributed by atoms with Crippen LogP contribution in [0.2, 0.25) is 0 Å². The van der Waals surface area contributed by atoms with Gasteiger partial charge >= 0.3 is 5.97 Å². The third-order valence-corrected chi connectivity index (χ3v) is 7.59. The molecule has 34 heavy (non-hydrogen) atoms. The van der Waals surface area contributed by atoms with Crippen LogP contribution in [0, 0.1) is 5.92 Å². The molecule has 2 nitrogen and oxygen atoms in total. The largest absolute Gasteiger partial charge is 0.462 e. The van der Waals surface area contributed by atoms with E-state index in [9.17, 15) is 4.79 Å². The first-order chi connectivity index (χ1) is 16.7. The molecule has 2 atom stereocenters. The van der Waals surface area contributed by atoms with Crippen molar-refractivity contribution >= 4 is 5.97 Å². The normalized spacial score (nSPS) is 13.2. The number of carbonyl (C=O) groups excluding carboxylic acids is 1. The van der Waals surface area contributed by atoms with Crippen LogP contribution in [0.15, 0.2) is 0 Å². The minimum atomic E-state index is 0.0639. The zero-order valence-corrected chi connectivity index (χ0v) is 24.1. The van der Waals surface area contributed by atoms with Gasteiger partial charge in [0.25, 0.3) is 0 Å². The van der Waals surface area contributed by atoms with Crippen molar-refractivity contribution in [3.8, 4) is 0 Å². The van der Waals surface area contributed by atoms with Crippen molar-refractivity contribution in [2.24, 2.45) is 5.92 Å². The summed E-state index contributed by atoms with van der Waals surface area (Å²) in [6.45, 7) is 9.09. The molecule has 0 radical (unpaired) electrons. The fourth-order valence-corrected chi connectivity index (χ4v) is 5.15. The lowest BCUT2D eigenvalue weighted by molar-refractivity contribution is -0.152. The molecule has 0 aromatic heterocycles. The summed E-state index contributed by atoms with van der Waals surface area (Å²) in [7, 11) is 0. The summed E-state index contributed by atoms with van der Waals surface area (Å²) in [5.74, 6) is 0.611. The van der Waals surface area contributed by atoms with Gasteiger partial charge in [-0.05, 0) is 38.0 Å². The number of hydrogen-bond donors (Lipinski definition) is 0. The van der Waals surface area contributed by atoms with Crippen LogP contribution in [0.5, 0.6) is 0 Å². The van der Waals surface area contributed by atoms with Crippen LogP contribution in [0.1, 0.15) is 188 Å². The quantitative estimate of drug-likeness (QED) is 0.0862. The molecule has 0 saturated carbocycles. The second kappa shape index (κ2) is 27.1. The molecular formula is C32H64O2. The van der Waals surface area contributed by atoms with Crippen LogP contribution in [-0.2, 0) is 9.53 Å². The fourth-order valence-electron chi connectivity index (χ4n) is 5.15. The molecule has 2 heteroatoms. The smallest absolute Gasteiger partial charge is 0.306 e. The molecule has 0 N–H and O–H groups in total. The summed E-state index contributed by atoms with van der Waals surface area (Å²) >= 11 is 0. The predicted molar refractivity (Wildman–Crippen MR) is 151 cm³/mol. The van der Waals surface area contributed by atoms with Gasteiger partial charge < -0.3 is 4.74 Å². The predicted octanol–water partition coefficient (Wildman–Crippen LogP) is 11.3. The average molecular weight is 481 g/mol. The monoisotopic (exact) mass is 480 g/mol. The van der Waals surface area contributed by atoms with Crippen LogP contribution in [0.25, 0.3) is 0 Å². The van der Waals surface area contributed by atoms with E-state index in [-0.39, 0.29) is 12.1 Å². The Hall–Kier alpha value is -0.530. The average Bonchev–Trinajstić information content (AvgIpc) is 2.84. The van der Waals surface area contributed by atoms with E-state index in [0.29, 0.717) is 12.3 Å². The second-order valence-corrected chi connectivity index (χ2v) is 10.9. The topological polar surface area (TPSA) is 26.3 Å². The van der Waals surface area contributed by atoms with E-state index in [0.717, 1.165) is 19.3 Å². The third kappa shape index (κ3) is 22.0. The summed E-state index contributed by atoms with van der Waals surface area (Å²) in [6.07, 6.45) is 31.9. The van der Waals surface area contributed by atoms with E-state index in [1.54, 1.807) is 0 Å². The lowest BCUT2D eigenvalue weighted by atomic mass is 9.90. The zero-order valence-electron chi connectivity index (χ0n) is 24.1. The summed E-state index contributed by atoms with van der Waals surface area (Å²) in [5, 5.41) is 0. The van der Waals surface area contributed by atoms with Gasteiger partial charge in [-0.25, -0.2) is 0 Å². The number of ether oxygens (including phenoxy) is 1.